The van der Waals surface area contributed by atoms with Crippen molar-refractivity contribution in [3.63, 3.8) is 0 Å². The molecule has 8 heteroatoms. The molecular weight excluding hydrogens is 164 g/mol. The molecule has 1 aromatic rings. The van der Waals surface area contributed by atoms with Crippen molar-refractivity contribution in [3.8, 4) is 0 Å². The van der Waals surface area contributed by atoms with E-state index in [4.69, 9.17) is 5.11 Å². The third-order valence-electron chi connectivity index (χ3n) is 0.834. The third kappa shape index (κ3) is 1.23. The molecule has 60 valence electrons. The Kier molecular flexibility index (Phi) is 1.66. The number of aromatic nitrogens is 2. The number of halogens is 2. The lowest BCUT2D eigenvalue weighted by molar-refractivity contribution is 0.0683. The molecule has 0 unspecified atom stereocenters. The predicted octanol–water partition coefficient (Wildman–Crippen LogP) is 0.343. The van der Waals surface area contributed by atoms with Crippen LogP contribution in [0.3, 0.4) is 0 Å². The lowest BCUT2D eigenvalue weighted by Gasteiger charge is -1.92. The van der Waals surface area contributed by atoms with Crippen LogP contribution in [0, 0.1) is 0 Å². The Labute approximate surface area is 57.8 Å². The SMILES string of the molecule is O=C(O)c1nonc1N(F)F. The fraction of sp³-hybridized carbons (Fsp3) is 0. The van der Waals surface area contributed by atoms with Crippen LogP contribution in [0.5, 0.6) is 0 Å². The number of hydrogen-bond donors (Lipinski definition) is 1. The number of carboxylic acids is 1. The standard InChI is InChI=1S/C3HF2N3O3/c4-8(5)2-1(3(9)10)6-11-7-2/h(H,9,10). The average molecular weight is 165 g/mol. The molecule has 0 aliphatic rings. The fourth-order valence-corrected chi connectivity index (χ4v) is 0.430. The third-order valence-corrected chi connectivity index (χ3v) is 0.834. The molecule has 1 N–H and O–H groups in total. The van der Waals surface area contributed by atoms with Gasteiger partial charge in [-0.05, 0) is 15.7 Å². The zero-order chi connectivity index (χ0) is 8.43. The Morgan fingerprint density at radius 3 is 2.55 bits per heavy atom. The molecule has 6 nitrogen and oxygen atoms in total. The molecule has 0 saturated carbocycles. The lowest BCUT2D eigenvalue weighted by Crippen LogP contribution is -2.05. The minimum Gasteiger partial charge on any atom is -0.476 e. The van der Waals surface area contributed by atoms with Crippen LogP contribution in [-0.4, -0.2) is 21.4 Å². The number of rotatable bonds is 2. The molecule has 1 heterocycles. The Morgan fingerprint density at radius 1 is 1.55 bits per heavy atom. The highest BCUT2D eigenvalue weighted by molar-refractivity contribution is 5.90. The number of hydrogen-bond acceptors (Lipinski definition) is 5. The zero-order valence-corrected chi connectivity index (χ0v) is 4.86. The van der Waals surface area contributed by atoms with Crippen molar-refractivity contribution in [1.82, 2.24) is 10.3 Å². The lowest BCUT2D eigenvalue weighted by atomic mass is 10.4. The molecule has 0 fully saturated rings. The van der Waals surface area contributed by atoms with E-state index in [1.54, 1.807) is 0 Å². The summed E-state index contributed by atoms with van der Waals surface area (Å²) in [5, 5.41) is 12.1. The predicted molar refractivity (Wildman–Crippen MR) is 26.0 cm³/mol. The van der Waals surface area contributed by atoms with Crippen LogP contribution in [0.2, 0.25) is 0 Å². The van der Waals surface area contributed by atoms with E-state index in [1.807, 2.05) is 0 Å². The van der Waals surface area contributed by atoms with Crippen LogP contribution >= 0.6 is 0 Å². The number of nitrogens with zero attached hydrogens (tertiary/aromatic N) is 3. The molecule has 0 radical (unpaired) electrons. The van der Waals surface area contributed by atoms with Gasteiger partial charge in [-0.15, -0.1) is 0 Å². The van der Waals surface area contributed by atoms with Crippen LogP contribution in [0.25, 0.3) is 0 Å². The number of anilines is 1. The highest BCUT2D eigenvalue weighted by atomic mass is 19.4. The maximum absolute atomic E-state index is 11.6. The second-order valence-corrected chi connectivity index (χ2v) is 1.47. The second kappa shape index (κ2) is 2.48. The summed E-state index contributed by atoms with van der Waals surface area (Å²) < 4.78 is 27.0. The summed E-state index contributed by atoms with van der Waals surface area (Å²) >= 11 is 0. The zero-order valence-electron chi connectivity index (χ0n) is 4.86. The van der Waals surface area contributed by atoms with Gasteiger partial charge in [0.15, 0.2) is 0 Å². The molecule has 11 heavy (non-hydrogen) atoms. The molecule has 0 amide bonds. The van der Waals surface area contributed by atoms with Crippen LogP contribution in [0.1, 0.15) is 10.5 Å². The first kappa shape index (κ1) is 7.38. The summed E-state index contributed by atoms with van der Waals surface area (Å²) in [5.41, 5.74) is -0.921. The van der Waals surface area contributed by atoms with E-state index in [9.17, 15) is 13.8 Å². The minimum atomic E-state index is -1.62. The summed E-state index contributed by atoms with van der Waals surface area (Å²) in [6.07, 6.45) is 0. The number of carboxylic acid groups (broad SMARTS) is 1. The summed E-state index contributed by atoms with van der Waals surface area (Å²) in [6.45, 7) is 0. The van der Waals surface area contributed by atoms with E-state index in [1.165, 1.54) is 0 Å². The van der Waals surface area contributed by atoms with Gasteiger partial charge in [0.05, 0.1) is 0 Å². The van der Waals surface area contributed by atoms with Crippen LogP contribution in [-0.2, 0) is 0 Å². The number of carbonyl (C=O) groups is 1. The smallest absolute Gasteiger partial charge is 0.362 e. The van der Waals surface area contributed by atoms with Crippen molar-refractivity contribution in [2.75, 3.05) is 5.34 Å². The van der Waals surface area contributed by atoms with Gasteiger partial charge in [0.1, 0.15) is 0 Å². The first-order chi connectivity index (χ1) is 5.13. The molecule has 0 aromatic carbocycles. The summed E-state index contributed by atoms with van der Waals surface area (Å²) in [7, 11) is 0. The molecule has 0 bridgehead atoms. The Morgan fingerprint density at radius 2 is 2.18 bits per heavy atom. The Hall–Kier alpha value is -1.73. The fourth-order valence-electron chi connectivity index (χ4n) is 0.430. The normalized spacial score (nSPS) is 9.64. The van der Waals surface area contributed by atoms with Crippen LogP contribution in [0.4, 0.5) is 14.8 Å². The maximum Gasteiger partial charge on any atom is 0.362 e. The van der Waals surface area contributed by atoms with Crippen molar-refractivity contribution < 1.29 is 23.5 Å². The van der Waals surface area contributed by atoms with Gasteiger partial charge in [-0.3, -0.25) is 0 Å². The van der Waals surface area contributed by atoms with Gasteiger partial charge in [-0.2, -0.15) is 0 Å². The second-order valence-electron chi connectivity index (χ2n) is 1.47. The van der Waals surface area contributed by atoms with Gasteiger partial charge in [-0.1, -0.05) is 8.96 Å². The number of aromatic carboxylic acids is 1. The average Bonchev–Trinajstić information content (AvgIpc) is 2.32. The van der Waals surface area contributed by atoms with Gasteiger partial charge in [0.2, 0.25) is 5.69 Å². The first-order valence-corrected chi connectivity index (χ1v) is 2.30. The minimum absolute atomic E-state index is 0.921. The van der Waals surface area contributed by atoms with Gasteiger partial charge in [-0.25, -0.2) is 9.42 Å². The van der Waals surface area contributed by atoms with Crippen molar-refractivity contribution in [1.29, 1.82) is 0 Å². The molecule has 0 aliphatic heterocycles. The summed E-state index contributed by atoms with van der Waals surface area (Å²) in [6, 6.07) is 0. The monoisotopic (exact) mass is 165 g/mol. The molecule has 0 spiro atoms. The van der Waals surface area contributed by atoms with E-state index in [2.05, 4.69) is 14.9 Å². The Bertz CT molecular complexity index is 273. The topological polar surface area (TPSA) is 79.5 Å². The van der Waals surface area contributed by atoms with E-state index in [-0.39, 0.29) is 0 Å². The Balaban J connectivity index is 3.06. The van der Waals surface area contributed by atoms with Gasteiger partial charge in [0.25, 0.3) is 5.82 Å². The largest absolute Gasteiger partial charge is 0.476 e. The van der Waals surface area contributed by atoms with Gasteiger partial charge in [0, 0.05) is 0 Å². The highest BCUT2D eigenvalue weighted by Gasteiger charge is 2.23. The quantitative estimate of drug-likeness (QED) is 0.636. The van der Waals surface area contributed by atoms with Crippen molar-refractivity contribution >= 4 is 11.8 Å². The van der Waals surface area contributed by atoms with Gasteiger partial charge >= 0.3 is 5.97 Å². The van der Waals surface area contributed by atoms with E-state index in [0.717, 1.165) is 0 Å². The summed E-state index contributed by atoms with van der Waals surface area (Å²) in [5.74, 6) is -2.74. The molecular formula is C3HF2N3O3. The van der Waals surface area contributed by atoms with Crippen LogP contribution < -0.4 is 5.34 Å². The molecule has 1 rings (SSSR count). The molecule has 0 aliphatic carbocycles. The van der Waals surface area contributed by atoms with E-state index in [0.29, 0.717) is 0 Å². The van der Waals surface area contributed by atoms with Crippen molar-refractivity contribution in [2.24, 2.45) is 0 Å². The van der Waals surface area contributed by atoms with E-state index < -0.39 is 22.8 Å². The molecule has 0 atom stereocenters. The maximum atomic E-state index is 11.6. The van der Waals surface area contributed by atoms with E-state index >= 15 is 0 Å². The van der Waals surface area contributed by atoms with Gasteiger partial charge < -0.3 is 5.11 Å². The first-order valence-electron chi connectivity index (χ1n) is 2.30. The molecule has 1 aromatic heterocycles. The van der Waals surface area contributed by atoms with Crippen molar-refractivity contribution in [3.05, 3.63) is 5.69 Å². The molecule has 0 saturated heterocycles. The highest BCUT2D eigenvalue weighted by Crippen LogP contribution is 2.15. The van der Waals surface area contributed by atoms with Crippen LogP contribution in [0.15, 0.2) is 4.63 Å². The summed E-state index contributed by atoms with van der Waals surface area (Å²) in [4.78, 5) is 10.1. The van der Waals surface area contributed by atoms with Crippen molar-refractivity contribution in [2.45, 2.75) is 0 Å².